The van der Waals surface area contributed by atoms with Crippen LogP contribution in [0.2, 0.25) is 5.02 Å². The zero-order valence-corrected chi connectivity index (χ0v) is 18.6. The highest BCUT2D eigenvalue weighted by Crippen LogP contribution is 2.43. The van der Waals surface area contributed by atoms with E-state index in [0.29, 0.717) is 32.7 Å². The van der Waals surface area contributed by atoms with Crippen molar-refractivity contribution in [3.05, 3.63) is 101 Å². The summed E-state index contributed by atoms with van der Waals surface area (Å²) >= 11 is 7.41. The van der Waals surface area contributed by atoms with Gasteiger partial charge in [-0.05, 0) is 42.0 Å². The van der Waals surface area contributed by atoms with Crippen LogP contribution in [0.1, 0.15) is 26.0 Å². The topological polar surface area (TPSA) is 76.9 Å². The molecule has 1 aliphatic heterocycles. The summed E-state index contributed by atoms with van der Waals surface area (Å²) in [6.45, 7) is 0. The van der Waals surface area contributed by atoms with E-state index in [1.165, 1.54) is 28.5 Å². The van der Waals surface area contributed by atoms with Crippen molar-refractivity contribution in [2.24, 2.45) is 0 Å². The second kappa shape index (κ2) is 8.80. The average Bonchev–Trinajstić information content (AvgIpc) is 3.26. The molecule has 0 saturated carbocycles. The Labute approximate surface area is 197 Å². The zero-order valence-electron chi connectivity index (χ0n) is 17.0. The summed E-state index contributed by atoms with van der Waals surface area (Å²) in [4.78, 5) is 26.7. The Morgan fingerprint density at radius 1 is 1.00 bits per heavy atom. The van der Waals surface area contributed by atoms with E-state index < -0.39 is 11.3 Å². The van der Waals surface area contributed by atoms with E-state index in [1.807, 2.05) is 0 Å². The van der Waals surface area contributed by atoms with Crippen LogP contribution in [0.3, 0.4) is 0 Å². The van der Waals surface area contributed by atoms with Crippen molar-refractivity contribution in [1.29, 1.82) is 0 Å². The molecule has 2 heterocycles. The maximum absolute atomic E-state index is 13.7. The van der Waals surface area contributed by atoms with E-state index in [2.05, 4.69) is 15.5 Å². The molecule has 0 fully saturated rings. The lowest BCUT2D eigenvalue weighted by molar-refractivity contribution is 0.0789. The molecule has 9 heteroatoms. The van der Waals surface area contributed by atoms with Crippen molar-refractivity contribution in [1.82, 2.24) is 20.1 Å². The lowest BCUT2D eigenvalue weighted by Gasteiger charge is -2.31. The number of fused-ring (bicyclic) bond motifs is 1. The summed E-state index contributed by atoms with van der Waals surface area (Å²) in [5.74, 6) is -0.825. The van der Waals surface area contributed by atoms with E-state index >= 15 is 0 Å². The Hall–Kier alpha value is -3.49. The summed E-state index contributed by atoms with van der Waals surface area (Å²) in [5.41, 5.74) is 1.74. The van der Waals surface area contributed by atoms with E-state index in [9.17, 15) is 14.0 Å². The molecule has 4 aromatic rings. The SMILES string of the molecule is O=C(NC1C(=O)n2c(nnc2-c2cccc(Cl)c2)SC1c1ccc(F)cc1)c1ccccc1. The number of carbonyl (C=O) groups excluding carboxylic acids is 2. The molecule has 33 heavy (non-hydrogen) atoms. The Morgan fingerprint density at radius 3 is 2.48 bits per heavy atom. The van der Waals surface area contributed by atoms with Crippen LogP contribution in [0.25, 0.3) is 11.4 Å². The minimum Gasteiger partial charge on any atom is -0.339 e. The fraction of sp³-hybridized carbons (Fsp3) is 0.0833. The second-order valence-corrected chi connectivity index (χ2v) is 8.94. The molecule has 2 atom stereocenters. The molecule has 1 N–H and O–H groups in total. The maximum atomic E-state index is 13.7. The smallest absolute Gasteiger partial charge is 0.258 e. The fourth-order valence-electron chi connectivity index (χ4n) is 3.67. The third-order valence-corrected chi connectivity index (χ3v) is 6.77. The molecule has 6 nitrogen and oxygen atoms in total. The molecule has 5 rings (SSSR count). The highest BCUT2D eigenvalue weighted by molar-refractivity contribution is 7.99. The van der Waals surface area contributed by atoms with Crippen LogP contribution in [0.4, 0.5) is 4.39 Å². The van der Waals surface area contributed by atoms with Crippen molar-refractivity contribution >= 4 is 35.2 Å². The molecule has 164 valence electrons. The molecule has 1 amide bonds. The molecular weight excluding hydrogens is 463 g/mol. The fourth-order valence-corrected chi connectivity index (χ4v) is 5.08. The highest BCUT2D eigenvalue weighted by Gasteiger charge is 2.41. The third kappa shape index (κ3) is 4.15. The van der Waals surface area contributed by atoms with Crippen molar-refractivity contribution in [3.8, 4) is 11.4 Å². The van der Waals surface area contributed by atoms with Crippen LogP contribution in [-0.2, 0) is 0 Å². The number of halogens is 2. The van der Waals surface area contributed by atoms with E-state index in [0.717, 1.165) is 0 Å². The van der Waals surface area contributed by atoms with Crippen LogP contribution >= 0.6 is 23.4 Å². The second-order valence-electron chi connectivity index (χ2n) is 7.40. The number of hydrogen-bond donors (Lipinski definition) is 1. The van der Waals surface area contributed by atoms with Gasteiger partial charge in [0, 0.05) is 16.1 Å². The first-order valence-electron chi connectivity index (χ1n) is 10.0. The van der Waals surface area contributed by atoms with Gasteiger partial charge in [-0.3, -0.25) is 9.59 Å². The zero-order chi connectivity index (χ0) is 22.9. The van der Waals surface area contributed by atoms with E-state index in [1.54, 1.807) is 66.7 Å². The standard InChI is InChI=1S/C24H16ClFN4O2S/c25-17-8-4-7-16(13-17)21-28-29-24-30(21)23(32)19(27-22(31)15-5-2-1-3-6-15)20(33-24)14-9-11-18(26)12-10-14/h1-13,19-20H,(H,27,31). The van der Waals surface area contributed by atoms with Crippen molar-refractivity contribution < 1.29 is 14.0 Å². The first kappa shape index (κ1) is 21.4. The highest BCUT2D eigenvalue weighted by atomic mass is 35.5. The molecule has 0 radical (unpaired) electrons. The number of rotatable bonds is 4. The largest absolute Gasteiger partial charge is 0.339 e. The summed E-state index contributed by atoms with van der Waals surface area (Å²) in [5, 5.41) is 11.6. The number of benzene rings is 3. The number of carbonyl (C=O) groups is 2. The van der Waals surface area contributed by atoms with Gasteiger partial charge in [0.2, 0.25) is 0 Å². The van der Waals surface area contributed by atoms with Gasteiger partial charge in [-0.1, -0.05) is 65.8 Å². The first-order chi connectivity index (χ1) is 16.0. The number of nitrogens with one attached hydrogen (secondary N) is 1. The Balaban J connectivity index is 1.57. The maximum Gasteiger partial charge on any atom is 0.258 e. The predicted molar refractivity (Wildman–Crippen MR) is 124 cm³/mol. The van der Waals surface area contributed by atoms with Crippen LogP contribution in [0.5, 0.6) is 0 Å². The summed E-state index contributed by atoms with van der Waals surface area (Å²) in [6, 6.07) is 20.5. The monoisotopic (exact) mass is 478 g/mol. The third-order valence-electron chi connectivity index (χ3n) is 5.26. The van der Waals surface area contributed by atoms with Gasteiger partial charge in [0.05, 0.1) is 5.25 Å². The number of nitrogens with zero attached hydrogens (tertiary/aromatic N) is 3. The lowest BCUT2D eigenvalue weighted by Crippen LogP contribution is -2.48. The quantitative estimate of drug-likeness (QED) is 0.445. The average molecular weight is 479 g/mol. The van der Waals surface area contributed by atoms with Gasteiger partial charge in [-0.25, -0.2) is 8.96 Å². The summed E-state index contributed by atoms with van der Waals surface area (Å²) in [6.07, 6.45) is 0. The van der Waals surface area contributed by atoms with Gasteiger partial charge >= 0.3 is 0 Å². The van der Waals surface area contributed by atoms with Crippen molar-refractivity contribution in [3.63, 3.8) is 0 Å². The van der Waals surface area contributed by atoms with E-state index in [4.69, 9.17) is 11.6 Å². The van der Waals surface area contributed by atoms with Crippen LogP contribution in [0.15, 0.2) is 84.0 Å². The molecule has 0 saturated heterocycles. The van der Waals surface area contributed by atoms with Gasteiger partial charge in [-0.15, -0.1) is 10.2 Å². The van der Waals surface area contributed by atoms with Crippen LogP contribution in [-0.4, -0.2) is 32.6 Å². The van der Waals surface area contributed by atoms with E-state index in [-0.39, 0.29) is 17.6 Å². The summed E-state index contributed by atoms with van der Waals surface area (Å²) < 4.78 is 14.9. The first-order valence-corrected chi connectivity index (χ1v) is 11.3. The van der Waals surface area contributed by atoms with Crippen molar-refractivity contribution in [2.45, 2.75) is 16.4 Å². The lowest BCUT2D eigenvalue weighted by atomic mass is 10.0. The Bertz CT molecular complexity index is 1340. The predicted octanol–water partition coefficient (Wildman–Crippen LogP) is 5.02. The van der Waals surface area contributed by atoms with Gasteiger partial charge in [0.25, 0.3) is 11.8 Å². The van der Waals surface area contributed by atoms with Gasteiger partial charge in [-0.2, -0.15) is 0 Å². The minimum atomic E-state index is -0.936. The molecule has 1 aliphatic rings. The van der Waals surface area contributed by atoms with Crippen LogP contribution < -0.4 is 5.32 Å². The minimum absolute atomic E-state index is 0.335. The molecule has 0 spiro atoms. The number of amides is 1. The molecule has 0 aliphatic carbocycles. The molecular formula is C24H16ClFN4O2S. The van der Waals surface area contributed by atoms with Crippen molar-refractivity contribution in [2.75, 3.05) is 0 Å². The number of thioether (sulfide) groups is 1. The molecule has 3 aromatic carbocycles. The molecule has 2 unspecified atom stereocenters. The van der Waals surface area contributed by atoms with Gasteiger partial charge in [0.1, 0.15) is 11.9 Å². The Kier molecular flexibility index (Phi) is 5.70. The summed E-state index contributed by atoms with van der Waals surface area (Å²) in [7, 11) is 0. The normalized spacial score (nSPS) is 17.5. The van der Waals surface area contributed by atoms with Gasteiger partial charge < -0.3 is 5.32 Å². The van der Waals surface area contributed by atoms with Gasteiger partial charge in [0.15, 0.2) is 11.0 Å². The Morgan fingerprint density at radius 2 is 1.76 bits per heavy atom. The van der Waals surface area contributed by atoms with Crippen LogP contribution in [0, 0.1) is 5.82 Å². The molecule has 1 aromatic heterocycles. The number of aromatic nitrogens is 3. The molecule has 0 bridgehead atoms. The number of hydrogen-bond acceptors (Lipinski definition) is 5.